The fraction of sp³-hybridized carbons (Fsp3) is 0.182. The lowest BCUT2D eigenvalue weighted by atomic mass is 10.1. The molecular weight excluding hydrogens is 244 g/mol. The first-order valence-corrected chi connectivity index (χ1v) is 5.13. The van der Waals surface area contributed by atoms with Crippen LogP contribution >= 0.6 is 15.9 Å². The number of carbonyl (C=O) groups is 1. The molecule has 0 bridgehead atoms. The predicted octanol–water partition coefficient (Wildman–Crippen LogP) is 2.65. The van der Waals surface area contributed by atoms with Gasteiger partial charge in [0.15, 0.2) is 5.78 Å². The average molecular weight is 253 g/mol. The molecule has 3 heteroatoms. The lowest BCUT2D eigenvalue weighted by molar-refractivity contribution is -0.121. The SMILES string of the molecule is O=C1C=CC(c2ccc(Br)cc2)OC1. The maximum Gasteiger partial charge on any atom is 0.181 e. The Bertz CT molecular complexity index is 367. The normalized spacial score (nSPS) is 21.2. The molecule has 0 aliphatic carbocycles. The maximum absolute atomic E-state index is 10.9. The van der Waals surface area contributed by atoms with Gasteiger partial charge in [-0.3, -0.25) is 4.79 Å². The third-order valence-electron chi connectivity index (χ3n) is 2.06. The summed E-state index contributed by atoms with van der Waals surface area (Å²) >= 11 is 3.37. The van der Waals surface area contributed by atoms with Gasteiger partial charge >= 0.3 is 0 Å². The molecule has 0 fully saturated rings. The van der Waals surface area contributed by atoms with Gasteiger partial charge in [-0.15, -0.1) is 0 Å². The Morgan fingerprint density at radius 3 is 2.57 bits per heavy atom. The smallest absolute Gasteiger partial charge is 0.181 e. The lowest BCUT2D eigenvalue weighted by Crippen LogP contribution is -2.14. The molecule has 1 atom stereocenters. The first kappa shape index (κ1) is 9.62. The highest BCUT2D eigenvalue weighted by Crippen LogP contribution is 2.23. The van der Waals surface area contributed by atoms with Crippen molar-refractivity contribution in [1.29, 1.82) is 0 Å². The van der Waals surface area contributed by atoms with Crippen molar-refractivity contribution in [3.63, 3.8) is 0 Å². The van der Waals surface area contributed by atoms with Crippen LogP contribution in [0.3, 0.4) is 0 Å². The highest BCUT2D eigenvalue weighted by molar-refractivity contribution is 9.10. The summed E-state index contributed by atoms with van der Waals surface area (Å²) in [5.41, 5.74) is 1.07. The molecule has 0 radical (unpaired) electrons. The first-order valence-electron chi connectivity index (χ1n) is 4.34. The molecule has 1 heterocycles. The van der Waals surface area contributed by atoms with Gasteiger partial charge < -0.3 is 4.74 Å². The minimum Gasteiger partial charge on any atom is -0.361 e. The third kappa shape index (κ3) is 2.11. The van der Waals surface area contributed by atoms with E-state index in [2.05, 4.69) is 15.9 Å². The summed E-state index contributed by atoms with van der Waals surface area (Å²) in [5, 5.41) is 0. The molecule has 2 nitrogen and oxygen atoms in total. The van der Waals surface area contributed by atoms with Crippen LogP contribution in [0.2, 0.25) is 0 Å². The Morgan fingerprint density at radius 2 is 2.00 bits per heavy atom. The largest absolute Gasteiger partial charge is 0.361 e. The van der Waals surface area contributed by atoms with E-state index in [9.17, 15) is 4.79 Å². The van der Waals surface area contributed by atoms with Gasteiger partial charge in [0.25, 0.3) is 0 Å². The van der Waals surface area contributed by atoms with Crippen LogP contribution in [0.5, 0.6) is 0 Å². The number of ketones is 1. The van der Waals surface area contributed by atoms with Crippen molar-refractivity contribution in [2.45, 2.75) is 6.10 Å². The predicted molar refractivity (Wildman–Crippen MR) is 57.0 cm³/mol. The number of benzene rings is 1. The summed E-state index contributed by atoms with van der Waals surface area (Å²) in [6.07, 6.45) is 3.28. The maximum atomic E-state index is 10.9. The van der Waals surface area contributed by atoms with E-state index in [-0.39, 0.29) is 18.5 Å². The molecule has 2 rings (SSSR count). The van der Waals surface area contributed by atoms with Gasteiger partial charge in [-0.1, -0.05) is 28.1 Å². The van der Waals surface area contributed by atoms with Gasteiger partial charge in [-0.25, -0.2) is 0 Å². The molecule has 1 aliphatic rings. The van der Waals surface area contributed by atoms with Crippen molar-refractivity contribution in [3.8, 4) is 0 Å². The molecule has 1 aliphatic heterocycles. The second kappa shape index (κ2) is 4.07. The van der Waals surface area contributed by atoms with Gasteiger partial charge in [-0.05, 0) is 29.8 Å². The first-order chi connectivity index (χ1) is 6.75. The molecule has 0 saturated heterocycles. The van der Waals surface area contributed by atoms with E-state index in [4.69, 9.17) is 4.74 Å². The molecule has 72 valence electrons. The van der Waals surface area contributed by atoms with Gasteiger partial charge in [0.2, 0.25) is 0 Å². The monoisotopic (exact) mass is 252 g/mol. The molecule has 1 aromatic rings. The molecule has 1 unspecified atom stereocenters. The van der Waals surface area contributed by atoms with Crippen molar-refractivity contribution >= 4 is 21.7 Å². The van der Waals surface area contributed by atoms with Crippen LogP contribution in [0.25, 0.3) is 0 Å². The van der Waals surface area contributed by atoms with E-state index in [0.29, 0.717) is 0 Å². The zero-order chi connectivity index (χ0) is 9.97. The zero-order valence-corrected chi connectivity index (χ0v) is 9.03. The van der Waals surface area contributed by atoms with Crippen LogP contribution in [0.1, 0.15) is 11.7 Å². The topological polar surface area (TPSA) is 26.3 Å². The molecule has 0 N–H and O–H groups in total. The average Bonchev–Trinajstić information content (AvgIpc) is 2.21. The van der Waals surface area contributed by atoms with Crippen molar-refractivity contribution in [1.82, 2.24) is 0 Å². The molecule has 0 saturated carbocycles. The molecule has 0 aromatic heterocycles. The van der Waals surface area contributed by atoms with E-state index < -0.39 is 0 Å². The van der Waals surface area contributed by atoms with Gasteiger partial charge in [-0.2, -0.15) is 0 Å². The highest BCUT2D eigenvalue weighted by atomic mass is 79.9. The van der Waals surface area contributed by atoms with Crippen molar-refractivity contribution < 1.29 is 9.53 Å². The summed E-state index contributed by atoms with van der Waals surface area (Å²) in [6, 6.07) is 7.88. The highest BCUT2D eigenvalue weighted by Gasteiger charge is 2.14. The van der Waals surface area contributed by atoms with Crippen LogP contribution in [0.4, 0.5) is 0 Å². The fourth-order valence-electron chi connectivity index (χ4n) is 1.33. The Morgan fingerprint density at radius 1 is 1.29 bits per heavy atom. The number of rotatable bonds is 1. The fourth-order valence-corrected chi connectivity index (χ4v) is 1.59. The van der Waals surface area contributed by atoms with Crippen LogP contribution in [-0.2, 0) is 9.53 Å². The van der Waals surface area contributed by atoms with E-state index in [0.717, 1.165) is 10.0 Å². The quantitative estimate of drug-likeness (QED) is 0.769. The number of hydrogen-bond acceptors (Lipinski definition) is 2. The number of ether oxygens (including phenoxy) is 1. The lowest BCUT2D eigenvalue weighted by Gasteiger charge is -2.17. The molecule has 14 heavy (non-hydrogen) atoms. The van der Waals surface area contributed by atoms with Gasteiger partial charge in [0.05, 0.1) is 0 Å². The Hall–Kier alpha value is -0.930. The van der Waals surface area contributed by atoms with Gasteiger partial charge in [0.1, 0.15) is 12.7 Å². The Balaban J connectivity index is 2.20. The van der Waals surface area contributed by atoms with Crippen LogP contribution in [0, 0.1) is 0 Å². The molecule has 0 amide bonds. The van der Waals surface area contributed by atoms with E-state index in [1.165, 1.54) is 0 Å². The third-order valence-corrected chi connectivity index (χ3v) is 2.59. The minimum atomic E-state index is -0.0826. The second-order valence-corrected chi connectivity index (χ2v) is 4.02. The summed E-state index contributed by atoms with van der Waals surface area (Å²) in [6.45, 7) is 0.178. The standard InChI is InChI=1S/C11H9BrO2/c12-9-3-1-8(2-4-9)11-6-5-10(13)7-14-11/h1-6,11H,7H2. The van der Waals surface area contributed by atoms with E-state index >= 15 is 0 Å². The van der Waals surface area contributed by atoms with Crippen LogP contribution in [0.15, 0.2) is 40.9 Å². The van der Waals surface area contributed by atoms with Crippen LogP contribution < -0.4 is 0 Å². The molecule has 1 aromatic carbocycles. The number of carbonyl (C=O) groups excluding carboxylic acids is 1. The summed E-state index contributed by atoms with van der Waals surface area (Å²) < 4.78 is 6.40. The number of halogens is 1. The second-order valence-electron chi connectivity index (χ2n) is 3.11. The van der Waals surface area contributed by atoms with E-state index in [1.807, 2.05) is 24.3 Å². The van der Waals surface area contributed by atoms with Crippen molar-refractivity contribution in [2.24, 2.45) is 0 Å². The molecular formula is C11H9BrO2. The minimum absolute atomic E-state index is 0.0263. The Kier molecular flexibility index (Phi) is 2.79. The number of hydrogen-bond donors (Lipinski definition) is 0. The zero-order valence-electron chi connectivity index (χ0n) is 7.44. The van der Waals surface area contributed by atoms with Crippen molar-refractivity contribution in [3.05, 3.63) is 46.5 Å². The van der Waals surface area contributed by atoms with E-state index in [1.54, 1.807) is 12.2 Å². The summed E-state index contributed by atoms with van der Waals surface area (Å²) in [5.74, 6) is 0.0263. The Labute approximate surface area is 90.7 Å². The van der Waals surface area contributed by atoms with Crippen LogP contribution in [-0.4, -0.2) is 12.4 Å². The van der Waals surface area contributed by atoms with Gasteiger partial charge in [0, 0.05) is 4.47 Å². The summed E-state index contributed by atoms with van der Waals surface area (Å²) in [7, 11) is 0. The molecule has 0 spiro atoms. The van der Waals surface area contributed by atoms with Crippen molar-refractivity contribution in [2.75, 3.05) is 6.61 Å². The summed E-state index contributed by atoms with van der Waals surface area (Å²) in [4.78, 5) is 10.9.